The lowest BCUT2D eigenvalue weighted by atomic mass is 10.1. The number of carbonyl (C=O) groups is 1. The molecule has 1 N–H and O–H groups in total. The Hall–Kier alpha value is -2.70. The molecule has 0 saturated carbocycles. The summed E-state index contributed by atoms with van der Waals surface area (Å²) < 4.78 is 26.9. The van der Waals surface area contributed by atoms with Gasteiger partial charge in [0.05, 0.1) is 4.90 Å². The number of nitrogens with zero attached hydrogens (tertiary/aromatic N) is 1. The quantitative estimate of drug-likeness (QED) is 0.724. The normalized spacial score (nSPS) is 11.7. The van der Waals surface area contributed by atoms with Crippen LogP contribution >= 0.6 is 0 Å². The summed E-state index contributed by atoms with van der Waals surface area (Å²) in [6.07, 6.45) is 0. The molecule has 0 aliphatic rings. The maximum atomic E-state index is 12.8. The molecule has 0 atom stereocenters. The highest BCUT2D eigenvalue weighted by molar-refractivity contribution is 7.89. The fourth-order valence-corrected chi connectivity index (χ4v) is 4.33. The Kier molecular flexibility index (Phi) is 5.30. The van der Waals surface area contributed by atoms with Crippen molar-refractivity contribution in [1.82, 2.24) is 4.31 Å². The van der Waals surface area contributed by atoms with Gasteiger partial charge in [0.1, 0.15) is 0 Å². The van der Waals surface area contributed by atoms with E-state index in [4.69, 9.17) is 0 Å². The summed E-state index contributed by atoms with van der Waals surface area (Å²) >= 11 is 0. The summed E-state index contributed by atoms with van der Waals surface area (Å²) in [5, 5.41) is 4.19. The van der Waals surface area contributed by atoms with Gasteiger partial charge in [0.15, 0.2) is 0 Å². The predicted molar refractivity (Wildman–Crippen MR) is 109 cm³/mol. The van der Waals surface area contributed by atoms with Crippen molar-refractivity contribution >= 4 is 32.4 Å². The molecule has 5 nitrogen and oxygen atoms in total. The Morgan fingerprint density at radius 2 is 1.59 bits per heavy atom. The van der Waals surface area contributed by atoms with Crippen molar-refractivity contribution in [2.75, 3.05) is 18.9 Å². The number of hydrogen-bond donors (Lipinski definition) is 1. The smallest absolute Gasteiger partial charge is 0.255 e. The van der Waals surface area contributed by atoms with Crippen LogP contribution in [0.1, 0.15) is 22.8 Å². The van der Waals surface area contributed by atoms with E-state index in [9.17, 15) is 13.2 Å². The van der Waals surface area contributed by atoms with Crippen LogP contribution < -0.4 is 5.32 Å². The standard InChI is InChI=1S/C21H22N2O3S/c1-4-23(3)27(25,26)20-14-13-19(17-11-7-8-12-18(17)20)22-21(24)16-10-6-5-9-15(16)2/h5-14H,4H2,1-3H3,(H,22,24). The molecule has 0 aliphatic heterocycles. The van der Waals surface area contributed by atoms with Crippen molar-refractivity contribution in [3.63, 3.8) is 0 Å². The average Bonchev–Trinajstić information content (AvgIpc) is 2.67. The molecule has 0 spiro atoms. The molecule has 0 saturated heterocycles. The number of nitrogens with one attached hydrogen (secondary N) is 1. The largest absolute Gasteiger partial charge is 0.321 e. The molecule has 0 fully saturated rings. The number of amides is 1. The number of hydrogen-bond acceptors (Lipinski definition) is 3. The number of fused-ring (bicyclic) bond motifs is 1. The minimum Gasteiger partial charge on any atom is -0.321 e. The van der Waals surface area contributed by atoms with Crippen molar-refractivity contribution in [1.29, 1.82) is 0 Å². The van der Waals surface area contributed by atoms with Crippen LogP contribution in [0.25, 0.3) is 10.8 Å². The monoisotopic (exact) mass is 382 g/mol. The van der Waals surface area contributed by atoms with Crippen LogP contribution in [-0.4, -0.2) is 32.2 Å². The van der Waals surface area contributed by atoms with Crippen molar-refractivity contribution in [2.24, 2.45) is 0 Å². The van der Waals surface area contributed by atoms with E-state index >= 15 is 0 Å². The first-order valence-electron chi connectivity index (χ1n) is 8.71. The molecule has 3 rings (SSSR count). The Labute approximate surface area is 159 Å². The number of aryl methyl sites for hydroxylation is 1. The molecule has 0 unspecified atom stereocenters. The lowest BCUT2D eigenvalue weighted by Crippen LogP contribution is -2.26. The Morgan fingerprint density at radius 3 is 2.26 bits per heavy atom. The molecule has 0 bridgehead atoms. The van der Waals surface area contributed by atoms with Crippen LogP contribution in [-0.2, 0) is 10.0 Å². The SMILES string of the molecule is CCN(C)S(=O)(=O)c1ccc(NC(=O)c2ccccc2C)c2ccccc12. The molecule has 140 valence electrons. The molecule has 0 radical (unpaired) electrons. The second kappa shape index (κ2) is 7.50. The lowest BCUT2D eigenvalue weighted by Gasteiger charge is -2.18. The van der Waals surface area contributed by atoms with Gasteiger partial charge in [-0.3, -0.25) is 4.79 Å². The Bertz CT molecular complexity index is 1110. The van der Waals surface area contributed by atoms with Crippen molar-refractivity contribution < 1.29 is 13.2 Å². The minimum atomic E-state index is -3.60. The van der Waals surface area contributed by atoms with Gasteiger partial charge in [0.25, 0.3) is 5.91 Å². The van der Waals surface area contributed by atoms with Crippen molar-refractivity contribution in [3.05, 3.63) is 71.8 Å². The first-order valence-corrected chi connectivity index (χ1v) is 10.2. The van der Waals surface area contributed by atoms with Crippen LogP contribution in [0.15, 0.2) is 65.6 Å². The zero-order chi connectivity index (χ0) is 19.6. The highest BCUT2D eigenvalue weighted by Crippen LogP contribution is 2.31. The van der Waals surface area contributed by atoms with E-state index in [1.807, 2.05) is 37.3 Å². The molecule has 27 heavy (non-hydrogen) atoms. The van der Waals surface area contributed by atoms with Gasteiger partial charge in [0, 0.05) is 35.6 Å². The summed E-state index contributed by atoms with van der Waals surface area (Å²) in [5.74, 6) is -0.223. The zero-order valence-electron chi connectivity index (χ0n) is 15.6. The molecular weight excluding hydrogens is 360 g/mol. The first kappa shape index (κ1) is 19.1. The third-order valence-corrected chi connectivity index (χ3v) is 6.65. The summed E-state index contributed by atoms with van der Waals surface area (Å²) in [5.41, 5.74) is 2.05. The third kappa shape index (κ3) is 3.59. The van der Waals surface area contributed by atoms with Gasteiger partial charge >= 0.3 is 0 Å². The summed E-state index contributed by atoms with van der Waals surface area (Å²) in [6, 6.07) is 17.7. The van der Waals surface area contributed by atoms with Gasteiger partial charge in [-0.15, -0.1) is 0 Å². The van der Waals surface area contributed by atoms with Crippen LogP contribution in [0.4, 0.5) is 5.69 Å². The van der Waals surface area contributed by atoms with Crippen LogP contribution in [0, 0.1) is 6.92 Å². The van der Waals surface area contributed by atoms with E-state index in [1.54, 1.807) is 44.3 Å². The Balaban J connectivity index is 2.09. The van der Waals surface area contributed by atoms with Gasteiger partial charge in [0.2, 0.25) is 10.0 Å². The Morgan fingerprint density at radius 1 is 0.963 bits per heavy atom. The molecule has 0 aromatic heterocycles. The zero-order valence-corrected chi connectivity index (χ0v) is 16.4. The third-order valence-electron chi connectivity index (χ3n) is 4.66. The van der Waals surface area contributed by atoms with E-state index in [-0.39, 0.29) is 10.8 Å². The second-order valence-corrected chi connectivity index (χ2v) is 8.36. The number of benzene rings is 3. The van der Waals surface area contributed by atoms with Gasteiger partial charge < -0.3 is 5.32 Å². The molecule has 0 aliphatic carbocycles. The summed E-state index contributed by atoms with van der Waals surface area (Å²) in [4.78, 5) is 12.9. The molecule has 3 aromatic carbocycles. The molecule has 1 amide bonds. The minimum absolute atomic E-state index is 0.223. The first-order chi connectivity index (χ1) is 12.9. The summed E-state index contributed by atoms with van der Waals surface area (Å²) in [7, 11) is -2.05. The van der Waals surface area contributed by atoms with Gasteiger partial charge in [-0.1, -0.05) is 49.4 Å². The highest BCUT2D eigenvalue weighted by Gasteiger charge is 2.23. The molecule has 6 heteroatoms. The van der Waals surface area contributed by atoms with E-state index in [2.05, 4.69) is 5.32 Å². The molecular formula is C21H22N2O3S. The highest BCUT2D eigenvalue weighted by atomic mass is 32.2. The maximum absolute atomic E-state index is 12.8. The van der Waals surface area contributed by atoms with Crippen LogP contribution in [0.3, 0.4) is 0 Å². The van der Waals surface area contributed by atoms with Crippen molar-refractivity contribution in [2.45, 2.75) is 18.7 Å². The van der Waals surface area contributed by atoms with Gasteiger partial charge in [-0.2, -0.15) is 0 Å². The van der Waals surface area contributed by atoms with E-state index in [0.29, 0.717) is 28.6 Å². The average molecular weight is 382 g/mol. The molecule has 3 aromatic rings. The number of carbonyl (C=O) groups excluding carboxylic acids is 1. The van der Waals surface area contributed by atoms with Gasteiger partial charge in [-0.05, 0) is 30.7 Å². The fraction of sp³-hybridized carbons (Fsp3) is 0.190. The number of anilines is 1. The van der Waals surface area contributed by atoms with E-state index in [0.717, 1.165) is 5.56 Å². The van der Waals surface area contributed by atoms with Gasteiger partial charge in [-0.25, -0.2) is 12.7 Å². The summed E-state index contributed by atoms with van der Waals surface area (Å²) in [6.45, 7) is 4.04. The fourth-order valence-electron chi connectivity index (χ4n) is 2.96. The topological polar surface area (TPSA) is 66.5 Å². The maximum Gasteiger partial charge on any atom is 0.255 e. The van der Waals surface area contributed by atoms with E-state index in [1.165, 1.54) is 4.31 Å². The van der Waals surface area contributed by atoms with Crippen molar-refractivity contribution in [3.8, 4) is 0 Å². The van der Waals surface area contributed by atoms with Crippen LogP contribution in [0.5, 0.6) is 0 Å². The second-order valence-electron chi connectivity index (χ2n) is 6.35. The van der Waals surface area contributed by atoms with Crippen LogP contribution in [0.2, 0.25) is 0 Å². The number of sulfonamides is 1. The molecule has 0 heterocycles. The lowest BCUT2D eigenvalue weighted by molar-refractivity contribution is 0.102. The number of rotatable bonds is 5. The van der Waals surface area contributed by atoms with E-state index < -0.39 is 10.0 Å². The predicted octanol–water partition coefficient (Wildman–Crippen LogP) is 4.04.